The molecule has 0 radical (unpaired) electrons. The van der Waals surface area contributed by atoms with E-state index in [1.54, 1.807) is 0 Å². The van der Waals surface area contributed by atoms with Crippen molar-refractivity contribution in [2.24, 2.45) is 0 Å². The van der Waals surface area contributed by atoms with Crippen LogP contribution in [0.4, 0.5) is 17.7 Å². The summed E-state index contributed by atoms with van der Waals surface area (Å²) in [6.45, 7) is 1.84. The number of piperidine rings is 1. The van der Waals surface area contributed by atoms with E-state index >= 15 is 0 Å². The molecule has 1 aliphatic heterocycles. The molecule has 8 nitrogen and oxygen atoms in total. The number of fused-ring (bicyclic) bond motifs is 3. The van der Waals surface area contributed by atoms with Gasteiger partial charge in [0.05, 0.1) is 11.4 Å². The number of rotatable bonds is 2. The Morgan fingerprint density at radius 2 is 1.76 bits per heavy atom. The maximum absolute atomic E-state index is 12.3. The highest BCUT2D eigenvalue weighted by molar-refractivity contribution is 5.55. The van der Waals surface area contributed by atoms with Crippen molar-refractivity contribution in [3.8, 4) is 0 Å². The number of nitrogens with one attached hydrogen (secondary N) is 1. The van der Waals surface area contributed by atoms with Gasteiger partial charge in [-0.3, -0.25) is 9.78 Å². The van der Waals surface area contributed by atoms with Crippen LogP contribution in [0.2, 0.25) is 0 Å². The number of hydrogen-bond donors (Lipinski definition) is 2. The van der Waals surface area contributed by atoms with Gasteiger partial charge < -0.3 is 15.5 Å². The fourth-order valence-corrected chi connectivity index (χ4v) is 5.32. The van der Waals surface area contributed by atoms with E-state index in [0.29, 0.717) is 0 Å². The molecule has 3 heterocycles. The standard InChI is InChI=1S/C21H29N7O/c1-27(2)20-23-15-6-4-3-5-13(15)17(25-20)28-11-9-21(10-12-28)8-7-14-16(21)24-19(22)26-18(14)29/h3-12H2,1-2H3,(H3,22,24,26,29). The van der Waals surface area contributed by atoms with Gasteiger partial charge >= 0.3 is 0 Å². The highest BCUT2D eigenvalue weighted by atomic mass is 16.1. The van der Waals surface area contributed by atoms with Crippen LogP contribution >= 0.6 is 0 Å². The van der Waals surface area contributed by atoms with Gasteiger partial charge in [0, 0.05) is 43.7 Å². The first-order valence-electron chi connectivity index (χ1n) is 10.7. The molecule has 154 valence electrons. The van der Waals surface area contributed by atoms with Crippen LogP contribution in [-0.4, -0.2) is 47.1 Å². The molecular weight excluding hydrogens is 366 g/mol. The lowest BCUT2D eigenvalue weighted by molar-refractivity contribution is 0.322. The van der Waals surface area contributed by atoms with Crippen molar-refractivity contribution in [2.45, 2.75) is 56.8 Å². The fourth-order valence-electron chi connectivity index (χ4n) is 5.32. The molecular formula is C21H29N7O. The van der Waals surface area contributed by atoms with Gasteiger partial charge in [0.15, 0.2) is 0 Å². The first kappa shape index (κ1) is 18.4. The third kappa shape index (κ3) is 2.96. The maximum atomic E-state index is 12.3. The molecule has 2 aliphatic carbocycles. The second-order valence-corrected chi connectivity index (χ2v) is 8.92. The Labute approximate surface area is 170 Å². The summed E-state index contributed by atoms with van der Waals surface area (Å²) < 4.78 is 0. The van der Waals surface area contributed by atoms with E-state index in [0.717, 1.165) is 74.6 Å². The molecule has 0 bridgehead atoms. The minimum Gasteiger partial charge on any atom is -0.369 e. The van der Waals surface area contributed by atoms with E-state index < -0.39 is 0 Å². The van der Waals surface area contributed by atoms with Gasteiger partial charge in [0.2, 0.25) is 11.9 Å². The van der Waals surface area contributed by atoms with E-state index in [-0.39, 0.29) is 16.9 Å². The molecule has 1 fully saturated rings. The summed E-state index contributed by atoms with van der Waals surface area (Å²) in [6.07, 6.45) is 8.27. The summed E-state index contributed by atoms with van der Waals surface area (Å²) in [6, 6.07) is 0. The molecule has 3 aliphatic rings. The minimum absolute atomic E-state index is 0.0221. The smallest absolute Gasteiger partial charge is 0.255 e. The van der Waals surface area contributed by atoms with E-state index in [4.69, 9.17) is 15.7 Å². The van der Waals surface area contributed by atoms with Gasteiger partial charge in [-0.1, -0.05) is 0 Å². The summed E-state index contributed by atoms with van der Waals surface area (Å²) in [5, 5.41) is 0. The third-order valence-corrected chi connectivity index (χ3v) is 6.96. The number of hydrogen-bond acceptors (Lipinski definition) is 7. The van der Waals surface area contributed by atoms with E-state index in [9.17, 15) is 4.79 Å². The van der Waals surface area contributed by atoms with Crippen molar-refractivity contribution in [1.82, 2.24) is 19.9 Å². The lowest BCUT2D eigenvalue weighted by Crippen LogP contribution is -2.43. The zero-order valence-corrected chi connectivity index (χ0v) is 17.3. The SMILES string of the molecule is CN(C)c1nc2c(c(N3CCC4(CCc5c4nc(N)[nH]c5=O)CC3)n1)CCCC2. The number of aromatic nitrogens is 4. The quantitative estimate of drug-likeness (QED) is 0.795. The summed E-state index contributed by atoms with van der Waals surface area (Å²) in [5.41, 5.74) is 10.1. The summed E-state index contributed by atoms with van der Waals surface area (Å²) in [7, 11) is 4.01. The van der Waals surface area contributed by atoms with E-state index in [2.05, 4.69) is 14.9 Å². The van der Waals surface area contributed by atoms with Crippen molar-refractivity contribution in [3.05, 3.63) is 32.9 Å². The normalized spacial score (nSPS) is 19.9. The molecule has 0 unspecified atom stereocenters. The number of aromatic amines is 1. The largest absolute Gasteiger partial charge is 0.369 e. The van der Waals surface area contributed by atoms with Gasteiger partial charge in [-0.25, -0.2) is 9.97 Å². The van der Waals surface area contributed by atoms with E-state index in [1.165, 1.54) is 24.1 Å². The monoisotopic (exact) mass is 395 g/mol. The first-order valence-corrected chi connectivity index (χ1v) is 10.7. The van der Waals surface area contributed by atoms with Crippen molar-refractivity contribution in [1.29, 1.82) is 0 Å². The maximum Gasteiger partial charge on any atom is 0.255 e. The zero-order valence-electron chi connectivity index (χ0n) is 17.3. The number of nitrogens with two attached hydrogens (primary N) is 1. The van der Waals surface area contributed by atoms with Crippen LogP contribution in [-0.2, 0) is 24.7 Å². The summed E-state index contributed by atoms with van der Waals surface area (Å²) >= 11 is 0. The second-order valence-electron chi connectivity index (χ2n) is 8.92. The summed E-state index contributed by atoms with van der Waals surface area (Å²) in [4.78, 5) is 33.7. The van der Waals surface area contributed by atoms with Crippen molar-refractivity contribution < 1.29 is 0 Å². The Hall–Kier alpha value is -2.64. The highest BCUT2D eigenvalue weighted by Crippen LogP contribution is 2.45. The molecule has 8 heteroatoms. The fraction of sp³-hybridized carbons (Fsp3) is 0.619. The Morgan fingerprint density at radius 3 is 2.52 bits per heavy atom. The van der Waals surface area contributed by atoms with Gasteiger partial charge in [-0.05, 0) is 51.4 Å². The molecule has 1 spiro atoms. The molecule has 0 aromatic carbocycles. The Morgan fingerprint density at radius 1 is 1.00 bits per heavy atom. The minimum atomic E-state index is -0.0627. The van der Waals surface area contributed by atoms with Crippen LogP contribution in [0.25, 0.3) is 0 Å². The zero-order chi connectivity index (χ0) is 20.2. The molecule has 0 atom stereocenters. The van der Waals surface area contributed by atoms with E-state index in [1.807, 2.05) is 19.0 Å². The van der Waals surface area contributed by atoms with Crippen LogP contribution in [0.3, 0.4) is 0 Å². The molecule has 1 saturated heterocycles. The molecule has 29 heavy (non-hydrogen) atoms. The van der Waals surface area contributed by atoms with Gasteiger partial charge in [-0.2, -0.15) is 4.98 Å². The number of H-pyrrole nitrogens is 1. The van der Waals surface area contributed by atoms with Crippen molar-refractivity contribution in [2.75, 3.05) is 42.7 Å². The Bertz CT molecular complexity index is 1000. The summed E-state index contributed by atoms with van der Waals surface area (Å²) in [5.74, 6) is 2.15. The molecule has 2 aromatic heterocycles. The predicted octanol–water partition coefficient (Wildman–Crippen LogP) is 1.57. The van der Waals surface area contributed by atoms with Crippen molar-refractivity contribution >= 4 is 17.7 Å². The average molecular weight is 396 g/mol. The van der Waals surface area contributed by atoms with Gasteiger partial charge in [0.25, 0.3) is 5.56 Å². The topological polar surface area (TPSA) is 104 Å². The van der Waals surface area contributed by atoms with Crippen LogP contribution in [0.1, 0.15) is 54.6 Å². The molecule has 2 aromatic rings. The van der Waals surface area contributed by atoms with Crippen LogP contribution in [0.15, 0.2) is 4.79 Å². The lowest BCUT2D eigenvalue weighted by atomic mass is 9.76. The van der Waals surface area contributed by atoms with Gasteiger partial charge in [-0.15, -0.1) is 0 Å². The number of anilines is 3. The van der Waals surface area contributed by atoms with Gasteiger partial charge in [0.1, 0.15) is 5.82 Å². The average Bonchev–Trinajstić information content (AvgIpc) is 3.06. The molecule has 0 amide bonds. The van der Waals surface area contributed by atoms with Crippen LogP contribution < -0.4 is 21.1 Å². The number of nitrogens with zero attached hydrogens (tertiary/aromatic N) is 5. The number of aryl methyl sites for hydroxylation is 1. The lowest BCUT2D eigenvalue weighted by Gasteiger charge is -2.41. The predicted molar refractivity (Wildman–Crippen MR) is 114 cm³/mol. The second kappa shape index (κ2) is 6.71. The van der Waals surface area contributed by atoms with Crippen LogP contribution in [0, 0.1) is 0 Å². The highest BCUT2D eigenvalue weighted by Gasteiger charge is 2.44. The molecule has 3 N–H and O–H groups in total. The Kier molecular flexibility index (Phi) is 4.26. The first-order chi connectivity index (χ1) is 14.0. The van der Waals surface area contributed by atoms with Crippen molar-refractivity contribution in [3.63, 3.8) is 0 Å². The molecule has 0 saturated carbocycles. The Balaban J connectivity index is 1.46. The number of nitrogen functional groups attached to an aromatic ring is 1. The van der Waals surface area contributed by atoms with Crippen LogP contribution in [0.5, 0.6) is 0 Å². The third-order valence-electron chi connectivity index (χ3n) is 6.96. The molecule has 5 rings (SSSR count).